The van der Waals surface area contributed by atoms with Gasteiger partial charge < -0.3 is 15.4 Å². The number of fused-ring (bicyclic) bond motifs is 1. The Bertz CT molecular complexity index is 1410. The minimum Gasteiger partial charge on any atom is -0.453 e. The van der Waals surface area contributed by atoms with Gasteiger partial charge in [0.2, 0.25) is 0 Å². The molecule has 3 rings (SSSR count). The molecule has 0 radical (unpaired) electrons. The van der Waals surface area contributed by atoms with Gasteiger partial charge in [0.05, 0.1) is 19.3 Å². The second kappa shape index (κ2) is 10.7. The van der Waals surface area contributed by atoms with Crippen LogP contribution in [0.3, 0.4) is 0 Å². The first-order valence-electron chi connectivity index (χ1n) is 9.93. The Morgan fingerprint density at radius 3 is 2.88 bits per heavy atom. The van der Waals surface area contributed by atoms with E-state index in [4.69, 9.17) is 11.6 Å². The zero-order valence-corrected chi connectivity index (χ0v) is 19.0. The van der Waals surface area contributed by atoms with Crippen LogP contribution in [-0.4, -0.2) is 40.9 Å². The molecule has 0 bridgehead atoms. The standard InChI is InChI=1S/C22H20ClF2N7O2/c1-4-27-17-10-14(23)6-5-13(17)9-15-12(2)30-21-16(11-26)18(19(24)25)31-32(21)20(15)28-7-8-29-22(33)34-3/h4-6,9-10,19,27H,1,7-8H2,2-3H3,(H,29,33)/b15-9+,28-20?. The van der Waals surface area contributed by atoms with E-state index in [-0.39, 0.29) is 29.8 Å². The van der Waals surface area contributed by atoms with E-state index < -0.39 is 18.2 Å². The van der Waals surface area contributed by atoms with Gasteiger partial charge in [-0.3, -0.25) is 4.99 Å². The summed E-state index contributed by atoms with van der Waals surface area (Å²) < 4.78 is 32.8. The number of amides is 1. The molecular formula is C22H20ClF2N7O2. The Balaban J connectivity index is 2.32. The van der Waals surface area contributed by atoms with Crippen molar-refractivity contribution in [3.05, 3.63) is 69.2 Å². The summed E-state index contributed by atoms with van der Waals surface area (Å²) in [7, 11) is 1.23. The van der Waals surface area contributed by atoms with Gasteiger partial charge in [-0.05, 0) is 36.9 Å². The number of hydrogen-bond acceptors (Lipinski definition) is 7. The minimum absolute atomic E-state index is 0.0346. The van der Waals surface area contributed by atoms with Gasteiger partial charge in [0.15, 0.2) is 11.1 Å². The number of nitrogens with zero attached hydrogens (tertiary/aromatic N) is 5. The molecule has 2 N–H and O–H groups in total. The highest BCUT2D eigenvalue weighted by atomic mass is 35.5. The van der Waals surface area contributed by atoms with Gasteiger partial charge in [0.1, 0.15) is 17.3 Å². The summed E-state index contributed by atoms with van der Waals surface area (Å²) in [6.45, 7) is 5.53. The molecule has 34 heavy (non-hydrogen) atoms. The first-order chi connectivity index (χ1) is 16.3. The van der Waals surface area contributed by atoms with E-state index in [1.54, 1.807) is 37.3 Å². The zero-order chi connectivity index (χ0) is 24.8. The molecule has 0 spiro atoms. The number of benzene rings is 1. The first-order valence-corrected chi connectivity index (χ1v) is 10.3. The van der Waals surface area contributed by atoms with Gasteiger partial charge in [-0.1, -0.05) is 24.2 Å². The maximum atomic E-state index is 13.6. The molecule has 0 aliphatic heterocycles. The van der Waals surface area contributed by atoms with Crippen LogP contribution in [0.25, 0.3) is 11.7 Å². The lowest BCUT2D eigenvalue weighted by Gasteiger charge is -2.07. The molecule has 0 saturated heterocycles. The number of carbonyl (C=O) groups excluding carboxylic acids is 1. The van der Waals surface area contributed by atoms with Crippen LogP contribution >= 0.6 is 11.6 Å². The molecule has 1 aromatic carbocycles. The van der Waals surface area contributed by atoms with Crippen molar-refractivity contribution in [1.29, 1.82) is 5.26 Å². The van der Waals surface area contributed by atoms with Crippen LogP contribution in [-0.2, 0) is 4.74 Å². The van der Waals surface area contributed by atoms with E-state index in [1.165, 1.54) is 13.3 Å². The van der Waals surface area contributed by atoms with E-state index in [2.05, 4.69) is 37.0 Å². The van der Waals surface area contributed by atoms with E-state index in [9.17, 15) is 18.8 Å². The Morgan fingerprint density at radius 2 is 2.24 bits per heavy atom. The summed E-state index contributed by atoms with van der Waals surface area (Å²) >= 11 is 6.10. The molecule has 0 unspecified atom stereocenters. The lowest BCUT2D eigenvalue weighted by atomic mass is 10.1. The summed E-state index contributed by atoms with van der Waals surface area (Å²) in [6.07, 6.45) is -0.377. The number of anilines is 1. The third kappa shape index (κ3) is 5.13. The van der Waals surface area contributed by atoms with Crippen molar-refractivity contribution in [2.75, 3.05) is 25.5 Å². The predicted octanol–water partition coefficient (Wildman–Crippen LogP) is 2.86. The molecule has 0 aliphatic rings. The van der Waals surface area contributed by atoms with Crippen molar-refractivity contribution in [1.82, 2.24) is 19.9 Å². The molecule has 3 aromatic rings. The molecule has 176 valence electrons. The Labute approximate surface area is 198 Å². The van der Waals surface area contributed by atoms with E-state index in [0.717, 1.165) is 4.52 Å². The molecule has 1 amide bonds. The molecule has 9 nitrogen and oxygen atoms in total. The van der Waals surface area contributed by atoms with E-state index in [0.29, 0.717) is 27.2 Å². The van der Waals surface area contributed by atoms with Crippen LogP contribution in [0.15, 0.2) is 36.0 Å². The van der Waals surface area contributed by atoms with Gasteiger partial charge in [0.25, 0.3) is 6.43 Å². The number of alkyl carbamates (subject to hydrolysis) is 1. The average molecular weight is 488 g/mol. The highest BCUT2D eigenvalue weighted by Crippen LogP contribution is 2.23. The highest BCUT2D eigenvalue weighted by molar-refractivity contribution is 6.30. The Kier molecular flexibility index (Phi) is 7.75. The van der Waals surface area contributed by atoms with Crippen molar-refractivity contribution in [2.45, 2.75) is 13.3 Å². The van der Waals surface area contributed by atoms with Gasteiger partial charge >= 0.3 is 6.09 Å². The van der Waals surface area contributed by atoms with Crippen molar-refractivity contribution in [2.24, 2.45) is 4.99 Å². The molecule has 0 aliphatic carbocycles. The SMILES string of the molecule is C=CNc1cc(Cl)ccc1/C=c1\c(C)nc2c(C#N)c(C(F)F)nn2c1=NCCNC(=O)OC. The lowest BCUT2D eigenvalue weighted by molar-refractivity contribution is 0.145. The Hall–Kier alpha value is -4.04. The number of carbonyl (C=O) groups is 1. The third-order valence-electron chi connectivity index (χ3n) is 4.71. The summed E-state index contributed by atoms with van der Waals surface area (Å²) in [5.74, 6) is 0. The predicted molar refractivity (Wildman–Crippen MR) is 122 cm³/mol. The van der Waals surface area contributed by atoms with Crippen molar-refractivity contribution in [3.8, 4) is 6.07 Å². The van der Waals surface area contributed by atoms with Crippen molar-refractivity contribution < 1.29 is 18.3 Å². The smallest absolute Gasteiger partial charge is 0.406 e. The lowest BCUT2D eigenvalue weighted by Crippen LogP contribution is -2.37. The normalized spacial score (nSPS) is 12.1. The van der Waals surface area contributed by atoms with Crippen molar-refractivity contribution in [3.63, 3.8) is 0 Å². The van der Waals surface area contributed by atoms with Gasteiger partial charge in [0, 0.05) is 22.5 Å². The number of aryl methyl sites for hydroxylation is 1. The van der Waals surface area contributed by atoms with Gasteiger partial charge in [-0.15, -0.1) is 0 Å². The number of methoxy groups -OCH3 is 1. The van der Waals surface area contributed by atoms with E-state index >= 15 is 0 Å². The summed E-state index contributed by atoms with van der Waals surface area (Å²) in [4.78, 5) is 20.2. The molecule has 2 aromatic heterocycles. The Morgan fingerprint density at radius 1 is 1.47 bits per heavy atom. The number of aromatic nitrogens is 3. The zero-order valence-electron chi connectivity index (χ0n) is 18.3. The van der Waals surface area contributed by atoms with Crippen LogP contribution < -0.4 is 21.3 Å². The van der Waals surface area contributed by atoms with Gasteiger partial charge in [-0.25, -0.2) is 18.6 Å². The van der Waals surface area contributed by atoms with Crippen LogP contribution in [0.5, 0.6) is 0 Å². The second-order valence-corrected chi connectivity index (χ2v) is 7.30. The topological polar surface area (TPSA) is 117 Å². The fourth-order valence-electron chi connectivity index (χ4n) is 3.19. The molecule has 0 saturated carbocycles. The number of nitriles is 1. The fraction of sp³-hybridized carbons (Fsp3) is 0.227. The van der Waals surface area contributed by atoms with Crippen LogP contribution in [0.1, 0.15) is 28.9 Å². The number of hydrogen-bond donors (Lipinski definition) is 2. The van der Waals surface area contributed by atoms with E-state index in [1.807, 2.05) is 0 Å². The fourth-order valence-corrected chi connectivity index (χ4v) is 3.36. The maximum absolute atomic E-state index is 13.6. The molecule has 0 fully saturated rings. The number of nitrogens with one attached hydrogen (secondary N) is 2. The highest BCUT2D eigenvalue weighted by Gasteiger charge is 2.23. The third-order valence-corrected chi connectivity index (χ3v) is 4.95. The number of halogens is 3. The average Bonchev–Trinajstić information content (AvgIpc) is 3.18. The number of rotatable bonds is 7. The van der Waals surface area contributed by atoms with Crippen LogP contribution in [0, 0.1) is 18.3 Å². The summed E-state index contributed by atoms with van der Waals surface area (Å²) in [5.41, 5.74) is 0.922. The van der Waals surface area contributed by atoms with Crippen LogP contribution in [0.2, 0.25) is 5.02 Å². The van der Waals surface area contributed by atoms with Crippen molar-refractivity contribution >= 4 is 35.1 Å². The summed E-state index contributed by atoms with van der Waals surface area (Å²) in [6, 6.07) is 6.91. The number of ether oxygens (including phenoxy) is 1. The molecule has 12 heteroatoms. The largest absolute Gasteiger partial charge is 0.453 e. The minimum atomic E-state index is -2.97. The monoisotopic (exact) mass is 487 g/mol. The maximum Gasteiger partial charge on any atom is 0.406 e. The van der Waals surface area contributed by atoms with Gasteiger partial charge in [-0.2, -0.15) is 14.9 Å². The molecule has 2 heterocycles. The number of alkyl halides is 2. The molecular weight excluding hydrogens is 468 g/mol. The summed E-state index contributed by atoms with van der Waals surface area (Å²) in [5, 5.41) is 19.9. The quantitative estimate of drug-likeness (QED) is 0.495. The molecule has 0 atom stereocenters. The first kappa shape index (κ1) is 24.6. The van der Waals surface area contributed by atoms with Crippen LogP contribution in [0.4, 0.5) is 19.3 Å². The second-order valence-electron chi connectivity index (χ2n) is 6.87.